The van der Waals surface area contributed by atoms with Crippen LogP contribution in [0.2, 0.25) is 0 Å². The Balaban J connectivity index is 2.21. The number of nitrogens with one attached hydrogen (secondary N) is 1. The molecule has 21 heavy (non-hydrogen) atoms. The van der Waals surface area contributed by atoms with Crippen molar-refractivity contribution in [1.82, 2.24) is 4.98 Å². The number of para-hydroxylation sites is 1. The number of benzene rings is 1. The van der Waals surface area contributed by atoms with Crippen LogP contribution >= 0.6 is 0 Å². The molecule has 0 aliphatic heterocycles. The summed E-state index contributed by atoms with van der Waals surface area (Å²) >= 11 is 0. The molecular formula is C16H20N2O2S. The van der Waals surface area contributed by atoms with Gasteiger partial charge in [0.05, 0.1) is 10.6 Å². The summed E-state index contributed by atoms with van der Waals surface area (Å²) in [4.78, 5) is 4.35. The van der Waals surface area contributed by atoms with Crippen LogP contribution in [0.5, 0.6) is 0 Å². The van der Waals surface area contributed by atoms with Gasteiger partial charge in [-0.15, -0.1) is 0 Å². The molecule has 112 valence electrons. The summed E-state index contributed by atoms with van der Waals surface area (Å²) in [6.45, 7) is 4.85. The predicted molar refractivity (Wildman–Crippen MR) is 85.3 cm³/mol. The van der Waals surface area contributed by atoms with E-state index in [0.717, 1.165) is 5.56 Å². The monoisotopic (exact) mass is 304 g/mol. The van der Waals surface area contributed by atoms with E-state index in [4.69, 9.17) is 0 Å². The molecule has 0 bridgehead atoms. The lowest BCUT2D eigenvalue weighted by atomic mass is 9.85. The summed E-state index contributed by atoms with van der Waals surface area (Å²) in [5.74, 6) is 0. The molecule has 0 fully saturated rings. The van der Waals surface area contributed by atoms with Crippen LogP contribution in [0.25, 0.3) is 0 Å². The summed E-state index contributed by atoms with van der Waals surface area (Å²) in [5.41, 5.74) is 1.66. The number of hydrogen-bond donors (Lipinski definition) is 1. The second-order valence-corrected chi connectivity index (χ2v) is 7.73. The normalized spacial score (nSPS) is 12.1. The molecule has 0 atom stereocenters. The Labute approximate surface area is 126 Å². The van der Waals surface area contributed by atoms with E-state index >= 15 is 0 Å². The number of nitrogens with zero attached hydrogens (tertiary/aromatic N) is 1. The number of anilines is 1. The summed E-state index contributed by atoms with van der Waals surface area (Å²) in [6, 6.07) is 10.9. The zero-order valence-corrected chi connectivity index (χ0v) is 13.3. The third-order valence-electron chi connectivity index (χ3n) is 3.47. The lowest BCUT2D eigenvalue weighted by Gasteiger charge is -2.26. The number of sulfone groups is 1. The number of aromatic nitrogens is 1. The number of pyridine rings is 1. The highest BCUT2D eigenvalue weighted by atomic mass is 32.2. The van der Waals surface area contributed by atoms with Gasteiger partial charge in [-0.05, 0) is 29.8 Å². The van der Waals surface area contributed by atoms with Gasteiger partial charge >= 0.3 is 0 Å². The SMILES string of the molecule is CC(C)(CNc1ccccc1S(C)(=O)=O)c1ccncc1. The Morgan fingerprint density at radius 1 is 1.10 bits per heavy atom. The first kappa shape index (κ1) is 15.5. The molecule has 0 aliphatic rings. The molecule has 0 aliphatic carbocycles. The molecule has 0 amide bonds. The van der Waals surface area contributed by atoms with Gasteiger partial charge in [-0.1, -0.05) is 26.0 Å². The van der Waals surface area contributed by atoms with Crippen molar-refractivity contribution in [2.24, 2.45) is 0 Å². The second-order valence-electron chi connectivity index (χ2n) is 5.74. The molecule has 1 heterocycles. The third kappa shape index (κ3) is 3.82. The number of hydrogen-bond acceptors (Lipinski definition) is 4. The Morgan fingerprint density at radius 3 is 2.33 bits per heavy atom. The fraction of sp³-hybridized carbons (Fsp3) is 0.312. The van der Waals surface area contributed by atoms with Gasteiger partial charge in [-0.2, -0.15) is 0 Å². The highest BCUT2D eigenvalue weighted by Crippen LogP contribution is 2.26. The fourth-order valence-corrected chi connectivity index (χ4v) is 3.02. The lowest BCUT2D eigenvalue weighted by Crippen LogP contribution is -2.28. The van der Waals surface area contributed by atoms with Gasteiger partial charge in [0.1, 0.15) is 0 Å². The minimum atomic E-state index is -3.24. The van der Waals surface area contributed by atoms with Gasteiger partial charge in [0.2, 0.25) is 0 Å². The summed E-state index contributed by atoms with van der Waals surface area (Å²) in [7, 11) is -3.24. The summed E-state index contributed by atoms with van der Waals surface area (Å²) in [6.07, 6.45) is 4.75. The maximum Gasteiger partial charge on any atom is 0.177 e. The predicted octanol–water partition coefficient (Wildman–Crippen LogP) is 2.87. The minimum Gasteiger partial charge on any atom is -0.383 e. The Kier molecular flexibility index (Phi) is 4.32. The van der Waals surface area contributed by atoms with Gasteiger partial charge in [0, 0.05) is 30.6 Å². The van der Waals surface area contributed by atoms with Crippen molar-refractivity contribution in [3.63, 3.8) is 0 Å². The topological polar surface area (TPSA) is 59.1 Å². The van der Waals surface area contributed by atoms with Crippen molar-refractivity contribution in [2.75, 3.05) is 18.1 Å². The van der Waals surface area contributed by atoms with E-state index < -0.39 is 9.84 Å². The van der Waals surface area contributed by atoms with Crippen LogP contribution in [0.15, 0.2) is 53.7 Å². The third-order valence-corrected chi connectivity index (χ3v) is 4.62. The van der Waals surface area contributed by atoms with E-state index in [1.807, 2.05) is 18.2 Å². The van der Waals surface area contributed by atoms with E-state index in [2.05, 4.69) is 24.1 Å². The van der Waals surface area contributed by atoms with Crippen LogP contribution < -0.4 is 5.32 Å². The van der Waals surface area contributed by atoms with E-state index in [9.17, 15) is 8.42 Å². The molecule has 5 heteroatoms. The van der Waals surface area contributed by atoms with E-state index in [0.29, 0.717) is 17.1 Å². The number of rotatable bonds is 5. The molecule has 0 saturated heterocycles. The van der Waals surface area contributed by atoms with Crippen LogP contribution in [0.3, 0.4) is 0 Å². The van der Waals surface area contributed by atoms with Crippen molar-refractivity contribution >= 4 is 15.5 Å². The van der Waals surface area contributed by atoms with Crippen LogP contribution in [0.4, 0.5) is 5.69 Å². The maximum absolute atomic E-state index is 11.8. The van der Waals surface area contributed by atoms with Gasteiger partial charge in [0.15, 0.2) is 9.84 Å². The molecule has 1 N–H and O–H groups in total. The van der Waals surface area contributed by atoms with Crippen LogP contribution in [0, 0.1) is 0 Å². The van der Waals surface area contributed by atoms with E-state index in [-0.39, 0.29) is 5.41 Å². The van der Waals surface area contributed by atoms with Crippen LogP contribution in [0.1, 0.15) is 19.4 Å². The Hall–Kier alpha value is -1.88. The van der Waals surface area contributed by atoms with Gasteiger partial charge in [-0.3, -0.25) is 4.98 Å². The quantitative estimate of drug-likeness (QED) is 0.923. The zero-order chi connectivity index (χ0) is 15.5. The van der Waals surface area contributed by atoms with Crippen LogP contribution in [-0.4, -0.2) is 26.2 Å². The Bertz CT molecular complexity index is 710. The molecular weight excluding hydrogens is 284 g/mol. The average Bonchev–Trinajstić information content (AvgIpc) is 2.45. The van der Waals surface area contributed by atoms with Gasteiger partial charge in [-0.25, -0.2) is 8.42 Å². The molecule has 0 saturated carbocycles. The highest BCUT2D eigenvalue weighted by Gasteiger charge is 2.21. The van der Waals surface area contributed by atoms with Gasteiger partial charge < -0.3 is 5.32 Å². The first-order valence-electron chi connectivity index (χ1n) is 6.74. The lowest BCUT2D eigenvalue weighted by molar-refractivity contribution is 0.555. The van der Waals surface area contributed by atoms with Crippen molar-refractivity contribution in [2.45, 2.75) is 24.2 Å². The summed E-state index contributed by atoms with van der Waals surface area (Å²) in [5, 5.41) is 3.26. The van der Waals surface area contributed by atoms with Crippen molar-refractivity contribution < 1.29 is 8.42 Å². The molecule has 2 aromatic rings. The molecule has 0 unspecified atom stereocenters. The standard InChI is InChI=1S/C16H20N2O2S/c1-16(2,13-8-10-17-11-9-13)12-18-14-6-4-5-7-15(14)21(3,19)20/h4-11,18H,12H2,1-3H3. The molecule has 2 rings (SSSR count). The highest BCUT2D eigenvalue weighted by molar-refractivity contribution is 7.90. The molecule has 1 aromatic heterocycles. The van der Waals surface area contributed by atoms with Crippen molar-refractivity contribution in [1.29, 1.82) is 0 Å². The second kappa shape index (κ2) is 5.85. The maximum atomic E-state index is 11.8. The van der Waals surface area contributed by atoms with Gasteiger partial charge in [0.25, 0.3) is 0 Å². The molecule has 0 radical (unpaired) electrons. The molecule has 1 aromatic carbocycles. The summed E-state index contributed by atoms with van der Waals surface area (Å²) < 4.78 is 23.6. The molecule has 0 spiro atoms. The van der Waals surface area contributed by atoms with Crippen molar-refractivity contribution in [3.05, 3.63) is 54.4 Å². The smallest absolute Gasteiger partial charge is 0.177 e. The zero-order valence-electron chi connectivity index (χ0n) is 12.5. The van der Waals surface area contributed by atoms with E-state index in [1.54, 1.807) is 30.6 Å². The average molecular weight is 304 g/mol. The fourth-order valence-electron chi connectivity index (χ4n) is 2.16. The van der Waals surface area contributed by atoms with Crippen LogP contribution in [-0.2, 0) is 15.3 Å². The Morgan fingerprint density at radius 2 is 1.71 bits per heavy atom. The first-order chi connectivity index (χ1) is 9.81. The van der Waals surface area contributed by atoms with E-state index in [1.165, 1.54) is 6.26 Å². The molecule has 4 nitrogen and oxygen atoms in total. The first-order valence-corrected chi connectivity index (χ1v) is 8.63. The minimum absolute atomic E-state index is 0.131. The van der Waals surface area contributed by atoms with Crippen molar-refractivity contribution in [3.8, 4) is 0 Å². The largest absolute Gasteiger partial charge is 0.383 e.